The molecule has 8 heteroatoms. The number of pyridine rings is 1. The topological polar surface area (TPSA) is 36.4 Å². The molecule has 0 atom stereocenters. The molecule has 180 valence electrons. The van der Waals surface area contributed by atoms with E-state index in [4.69, 9.17) is 11.6 Å². The molecule has 0 unspecified atom stereocenters. The van der Waals surface area contributed by atoms with E-state index in [0.717, 1.165) is 43.2 Å². The van der Waals surface area contributed by atoms with Crippen LogP contribution in [0.3, 0.4) is 0 Å². The minimum atomic E-state index is -0.607. The van der Waals surface area contributed by atoms with Crippen molar-refractivity contribution >= 4 is 29.3 Å². The van der Waals surface area contributed by atoms with E-state index in [-0.39, 0.29) is 22.3 Å². The van der Waals surface area contributed by atoms with Gasteiger partial charge in [0.1, 0.15) is 22.6 Å². The third kappa shape index (κ3) is 4.83. The monoisotopic (exact) mass is 497 g/mol. The first-order valence-electron chi connectivity index (χ1n) is 11.4. The predicted molar refractivity (Wildman–Crippen MR) is 130 cm³/mol. The van der Waals surface area contributed by atoms with E-state index in [0.29, 0.717) is 24.2 Å². The Morgan fingerprint density at radius 2 is 1.74 bits per heavy atom. The van der Waals surface area contributed by atoms with Gasteiger partial charge in [-0.05, 0) is 79.5 Å². The zero-order valence-corrected chi connectivity index (χ0v) is 19.6. The summed E-state index contributed by atoms with van der Waals surface area (Å²) in [6, 6.07) is 11.2. The largest absolute Gasteiger partial charge is 0.307 e. The van der Waals surface area contributed by atoms with Crippen LogP contribution in [-0.2, 0) is 5.41 Å². The van der Waals surface area contributed by atoms with Gasteiger partial charge in [-0.1, -0.05) is 23.8 Å². The molecule has 0 saturated carbocycles. The van der Waals surface area contributed by atoms with Crippen LogP contribution in [0.4, 0.5) is 18.9 Å². The summed E-state index contributed by atoms with van der Waals surface area (Å²) < 4.78 is 41.1. The van der Waals surface area contributed by atoms with Crippen molar-refractivity contribution in [2.45, 2.75) is 18.3 Å². The molecule has 2 aliphatic heterocycles. The average Bonchev–Trinajstić information content (AvgIpc) is 3.12. The first kappa shape index (κ1) is 23.6. The lowest BCUT2D eigenvalue weighted by Gasteiger charge is -2.39. The van der Waals surface area contributed by atoms with Crippen LogP contribution in [0.1, 0.15) is 34.3 Å². The fourth-order valence-corrected chi connectivity index (χ4v) is 5.29. The van der Waals surface area contributed by atoms with Crippen molar-refractivity contribution in [2.75, 3.05) is 31.1 Å². The Balaban J connectivity index is 1.31. The molecule has 5 rings (SSSR count). The van der Waals surface area contributed by atoms with Crippen LogP contribution in [0.5, 0.6) is 0 Å². The highest BCUT2D eigenvalue weighted by Gasteiger charge is 2.46. The van der Waals surface area contributed by atoms with Crippen LogP contribution in [0.2, 0.25) is 5.15 Å². The van der Waals surface area contributed by atoms with Crippen molar-refractivity contribution in [1.82, 2.24) is 9.88 Å². The molecule has 3 aromatic rings. The second-order valence-corrected chi connectivity index (χ2v) is 9.49. The highest BCUT2D eigenvalue weighted by Crippen LogP contribution is 2.47. The average molecular weight is 498 g/mol. The number of carbonyl (C=O) groups is 1. The number of halogens is 4. The standard InChI is InChI=1S/C27H23ClF3N3O/c28-25-14-19(5-8-32-25)26(35)34-17-27(23-16-20(29)3-4-24(23)34)6-10-33(11-7-27)9-1-2-18-12-21(30)15-22(31)13-18/h1-5,8,12-16H,6-7,9-11,17H2. The Kier molecular flexibility index (Phi) is 6.38. The number of piperidine rings is 1. The molecule has 4 nitrogen and oxygen atoms in total. The number of anilines is 1. The van der Waals surface area contributed by atoms with Crippen molar-refractivity contribution in [2.24, 2.45) is 0 Å². The minimum absolute atomic E-state index is 0.188. The number of likely N-dealkylation sites (tertiary alicyclic amines) is 1. The molecule has 0 bridgehead atoms. The molecule has 2 aliphatic rings. The summed E-state index contributed by atoms with van der Waals surface area (Å²) in [6.07, 6.45) is 6.60. The third-order valence-corrected chi connectivity index (χ3v) is 7.08. The van der Waals surface area contributed by atoms with E-state index >= 15 is 0 Å². The summed E-state index contributed by atoms with van der Waals surface area (Å²) in [6.45, 7) is 2.60. The highest BCUT2D eigenvalue weighted by molar-refractivity contribution is 6.29. The smallest absolute Gasteiger partial charge is 0.258 e. The van der Waals surface area contributed by atoms with Gasteiger partial charge in [0, 0.05) is 42.0 Å². The molecule has 1 aromatic heterocycles. The van der Waals surface area contributed by atoms with Crippen molar-refractivity contribution in [3.63, 3.8) is 0 Å². The van der Waals surface area contributed by atoms with Crippen LogP contribution < -0.4 is 4.90 Å². The van der Waals surface area contributed by atoms with Crippen LogP contribution in [-0.4, -0.2) is 42.0 Å². The second-order valence-electron chi connectivity index (χ2n) is 9.11. The van der Waals surface area contributed by atoms with Crippen molar-refractivity contribution in [3.8, 4) is 0 Å². The van der Waals surface area contributed by atoms with Gasteiger partial charge in [-0.2, -0.15) is 0 Å². The number of rotatable bonds is 4. The molecule has 1 fully saturated rings. The van der Waals surface area contributed by atoms with E-state index in [1.807, 2.05) is 6.08 Å². The molecule has 0 radical (unpaired) electrons. The van der Waals surface area contributed by atoms with E-state index in [1.165, 1.54) is 30.5 Å². The van der Waals surface area contributed by atoms with Gasteiger partial charge in [-0.15, -0.1) is 0 Å². The first-order valence-corrected chi connectivity index (χ1v) is 11.8. The Hall–Kier alpha value is -3.16. The lowest BCUT2D eigenvalue weighted by Crippen LogP contribution is -2.46. The predicted octanol–water partition coefficient (Wildman–Crippen LogP) is 5.86. The molecule has 1 saturated heterocycles. The number of fused-ring (bicyclic) bond motifs is 2. The van der Waals surface area contributed by atoms with E-state index in [2.05, 4.69) is 9.88 Å². The van der Waals surface area contributed by atoms with Crippen molar-refractivity contribution in [3.05, 3.63) is 100 Å². The van der Waals surface area contributed by atoms with Gasteiger partial charge < -0.3 is 4.90 Å². The number of nitrogens with zero attached hydrogens (tertiary/aromatic N) is 3. The number of benzene rings is 2. The SMILES string of the molecule is O=C(c1ccnc(Cl)c1)N1CC2(CCN(CC=Cc3cc(F)cc(F)c3)CC2)c2cc(F)ccc21. The van der Waals surface area contributed by atoms with Gasteiger partial charge in [0.05, 0.1) is 0 Å². The summed E-state index contributed by atoms with van der Waals surface area (Å²) >= 11 is 5.99. The molecule has 1 amide bonds. The summed E-state index contributed by atoms with van der Waals surface area (Å²) in [7, 11) is 0. The second kappa shape index (κ2) is 9.47. The molecule has 35 heavy (non-hydrogen) atoms. The maximum absolute atomic E-state index is 14.3. The van der Waals surface area contributed by atoms with Gasteiger partial charge in [0.25, 0.3) is 5.91 Å². The first-order chi connectivity index (χ1) is 16.8. The fourth-order valence-electron chi connectivity index (χ4n) is 5.11. The maximum Gasteiger partial charge on any atom is 0.258 e. The minimum Gasteiger partial charge on any atom is -0.307 e. The van der Waals surface area contributed by atoms with Gasteiger partial charge >= 0.3 is 0 Å². The molecular weight excluding hydrogens is 475 g/mol. The Morgan fingerprint density at radius 1 is 1.00 bits per heavy atom. The number of hydrogen-bond donors (Lipinski definition) is 0. The lowest BCUT2D eigenvalue weighted by atomic mass is 9.74. The summed E-state index contributed by atoms with van der Waals surface area (Å²) in [5, 5.41) is 0.242. The third-order valence-electron chi connectivity index (χ3n) is 6.87. The highest BCUT2D eigenvalue weighted by atomic mass is 35.5. The number of amides is 1. The van der Waals surface area contributed by atoms with Gasteiger partial charge in [-0.3, -0.25) is 9.69 Å². The van der Waals surface area contributed by atoms with Crippen LogP contribution in [0.25, 0.3) is 6.08 Å². The van der Waals surface area contributed by atoms with Gasteiger partial charge in [0.2, 0.25) is 0 Å². The Labute approximate surface area is 206 Å². The summed E-state index contributed by atoms with van der Waals surface area (Å²) in [5.74, 6) is -1.72. The molecule has 1 spiro atoms. The quantitative estimate of drug-likeness (QED) is 0.424. The Morgan fingerprint density at radius 3 is 2.46 bits per heavy atom. The van der Waals surface area contributed by atoms with E-state index < -0.39 is 11.6 Å². The van der Waals surface area contributed by atoms with Gasteiger partial charge in [0.15, 0.2) is 0 Å². The Bertz CT molecular complexity index is 1280. The fraction of sp³-hybridized carbons (Fsp3) is 0.259. The normalized spacial score (nSPS) is 17.3. The molecule has 0 aliphatic carbocycles. The summed E-state index contributed by atoms with van der Waals surface area (Å²) in [5.41, 5.74) is 2.16. The lowest BCUT2D eigenvalue weighted by molar-refractivity contribution is 0.0977. The van der Waals surface area contributed by atoms with Crippen molar-refractivity contribution < 1.29 is 18.0 Å². The molecule has 0 N–H and O–H groups in total. The zero-order chi connectivity index (χ0) is 24.6. The number of hydrogen-bond acceptors (Lipinski definition) is 3. The molecule has 2 aromatic carbocycles. The number of aromatic nitrogens is 1. The van der Waals surface area contributed by atoms with Crippen LogP contribution in [0, 0.1) is 17.5 Å². The molecular formula is C27H23ClF3N3O. The van der Waals surface area contributed by atoms with Crippen LogP contribution in [0.15, 0.2) is 60.8 Å². The van der Waals surface area contributed by atoms with E-state index in [9.17, 15) is 18.0 Å². The van der Waals surface area contributed by atoms with E-state index in [1.54, 1.807) is 29.2 Å². The maximum atomic E-state index is 14.3. The number of carbonyl (C=O) groups excluding carboxylic acids is 1. The van der Waals surface area contributed by atoms with Gasteiger partial charge in [-0.25, -0.2) is 18.2 Å². The van der Waals surface area contributed by atoms with Crippen LogP contribution >= 0.6 is 11.6 Å². The van der Waals surface area contributed by atoms with Crippen molar-refractivity contribution in [1.29, 1.82) is 0 Å². The zero-order valence-electron chi connectivity index (χ0n) is 18.9. The summed E-state index contributed by atoms with van der Waals surface area (Å²) in [4.78, 5) is 21.2. The molecule has 3 heterocycles.